The maximum Gasteiger partial charge on any atom is 0.0443 e. The van der Waals surface area contributed by atoms with Crippen LogP contribution in [-0.4, -0.2) is 32.1 Å². The first-order valence-corrected chi connectivity index (χ1v) is 8.15. The number of aryl methyl sites for hydroxylation is 1. The Labute approximate surface area is 135 Å². The molecule has 0 unspecified atom stereocenters. The van der Waals surface area contributed by atoms with E-state index in [-0.39, 0.29) is 0 Å². The van der Waals surface area contributed by atoms with Crippen LogP contribution in [0, 0.1) is 0 Å². The van der Waals surface area contributed by atoms with Crippen LogP contribution in [0.5, 0.6) is 0 Å². The number of rotatable bonds is 6. The lowest BCUT2D eigenvalue weighted by Crippen LogP contribution is -2.27. The standard InChI is InChI=1S/C20H28N2/c1-5-10-17-13-14-18-11-7-8-12-20(18)22(19(17)6-2)16-9-15-21(3)4/h5-8,10-12H,2,9,13-16H2,1,3-4H3/b10-5-. The van der Waals surface area contributed by atoms with E-state index >= 15 is 0 Å². The van der Waals surface area contributed by atoms with Crippen molar-refractivity contribution in [2.45, 2.75) is 26.2 Å². The van der Waals surface area contributed by atoms with Gasteiger partial charge in [-0.05, 0) is 70.1 Å². The molecule has 0 aromatic heterocycles. The van der Waals surface area contributed by atoms with Crippen molar-refractivity contribution in [3.63, 3.8) is 0 Å². The Bertz CT molecular complexity index is 567. The lowest BCUT2D eigenvalue weighted by molar-refractivity contribution is 0.402. The molecule has 0 N–H and O–H groups in total. The Morgan fingerprint density at radius 1 is 1.23 bits per heavy atom. The zero-order chi connectivity index (χ0) is 15.9. The van der Waals surface area contributed by atoms with Crippen LogP contribution in [-0.2, 0) is 6.42 Å². The summed E-state index contributed by atoms with van der Waals surface area (Å²) in [5, 5.41) is 0. The van der Waals surface area contributed by atoms with E-state index in [1.54, 1.807) is 0 Å². The smallest absolute Gasteiger partial charge is 0.0443 e. The summed E-state index contributed by atoms with van der Waals surface area (Å²) in [7, 11) is 4.26. The molecule has 1 aromatic carbocycles. The van der Waals surface area contributed by atoms with Crippen molar-refractivity contribution < 1.29 is 0 Å². The highest BCUT2D eigenvalue weighted by Crippen LogP contribution is 2.33. The maximum absolute atomic E-state index is 4.08. The average molecular weight is 296 g/mol. The van der Waals surface area contributed by atoms with Crippen LogP contribution in [0.3, 0.4) is 0 Å². The summed E-state index contributed by atoms with van der Waals surface area (Å²) in [6, 6.07) is 8.78. The normalized spacial score (nSPS) is 15.4. The third kappa shape index (κ3) is 3.89. The van der Waals surface area contributed by atoms with Crippen LogP contribution in [0.25, 0.3) is 0 Å². The molecule has 0 radical (unpaired) electrons. The van der Waals surface area contributed by atoms with Gasteiger partial charge in [0, 0.05) is 17.9 Å². The first kappa shape index (κ1) is 16.6. The number of para-hydroxylation sites is 1. The predicted octanol–water partition coefficient (Wildman–Crippen LogP) is 4.41. The summed E-state index contributed by atoms with van der Waals surface area (Å²) < 4.78 is 0. The van der Waals surface area contributed by atoms with Gasteiger partial charge < -0.3 is 9.80 Å². The van der Waals surface area contributed by atoms with Gasteiger partial charge in [-0.15, -0.1) is 0 Å². The second-order valence-electron chi connectivity index (χ2n) is 6.05. The number of allylic oxidation sites excluding steroid dienone is 4. The number of benzene rings is 1. The summed E-state index contributed by atoms with van der Waals surface area (Å²) in [6.07, 6.45) is 9.70. The molecule has 2 heteroatoms. The third-order valence-electron chi connectivity index (χ3n) is 4.11. The van der Waals surface area contributed by atoms with Gasteiger partial charge in [0.15, 0.2) is 0 Å². The van der Waals surface area contributed by atoms with Gasteiger partial charge in [0.05, 0.1) is 0 Å². The molecule has 0 aliphatic carbocycles. The van der Waals surface area contributed by atoms with Crippen LogP contribution in [0.15, 0.2) is 60.3 Å². The molecule has 0 atom stereocenters. The quantitative estimate of drug-likeness (QED) is 0.767. The van der Waals surface area contributed by atoms with Gasteiger partial charge >= 0.3 is 0 Å². The van der Waals surface area contributed by atoms with E-state index in [9.17, 15) is 0 Å². The molecule has 22 heavy (non-hydrogen) atoms. The van der Waals surface area contributed by atoms with Gasteiger partial charge in [0.1, 0.15) is 0 Å². The summed E-state index contributed by atoms with van der Waals surface area (Å²) >= 11 is 0. The molecule has 0 bridgehead atoms. The molecule has 118 valence electrons. The van der Waals surface area contributed by atoms with E-state index in [2.05, 4.69) is 73.8 Å². The molecule has 0 saturated heterocycles. The topological polar surface area (TPSA) is 6.48 Å². The average Bonchev–Trinajstić information content (AvgIpc) is 2.65. The molecule has 0 spiro atoms. The van der Waals surface area contributed by atoms with Gasteiger partial charge in [-0.1, -0.05) is 36.9 Å². The fraction of sp³-hybridized carbons (Fsp3) is 0.400. The Kier molecular flexibility index (Phi) is 6.02. The summed E-state index contributed by atoms with van der Waals surface area (Å²) in [5.41, 5.74) is 5.43. The van der Waals surface area contributed by atoms with Crippen molar-refractivity contribution in [3.05, 3.63) is 65.9 Å². The molecule has 1 aliphatic rings. The number of fused-ring (bicyclic) bond motifs is 1. The molecule has 0 saturated carbocycles. The zero-order valence-electron chi connectivity index (χ0n) is 14.2. The molecule has 1 heterocycles. The van der Waals surface area contributed by atoms with Crippen molar-refractivity contribution >= 4 is 5.69 Å². The number of nitrogens with zero attached hydrogens (tertiary/aromatic N) is 2. The van der Waals surface area contributed by atoms with Crippen molar-refractivity contribution in [2.24, 2.45) is 0 Å². The Hall–Kier alpha value is -1.80. The Balaban J connectivity index is 2.38. The van der Waals surface area contributed by atoms with Crippen molar-refractivity contribution in [3.8, 4) is 0 Å². The number of hydrogen-bond acceptors (Lipinski definition) is 2. The molecule has 0 fully saturated rings. The SMILES string of the molecule is C=CC1=C(/C=C\C)CCc2ccccc2N1CCCN(C)C. The first-order chi connectivity index (χ1) is 10.7. The van der Waals surface area contributed by atoms with E-state index < -0.39 is 0 Å². The van der Waals surface area contributed by atoms with Crippen LogP contribution in [0.2, 0.25) is 0 Å². The predicted molar refractivity (Wildman–Crippen MR) is 97.3 cm³/mol. The summed E-state index contributed by atoms with van der Waals surface area (Å²) in [6.45, 7) is 8.29. The molecule has 1 aromatic rings. The van der Waals surface area contributed by atoms with E-state index in [0.717, 1.165) is 32.4 Å². The lowest BCUT2D eigenvalue weighted by Gasteiger charge is -2.28. The second-order valence-corrected chi connectivity index (χ2v) is 6.05. The summed E-state index contributed by atoms with van der Waals surface area (Å²) in [4.78, 5) is 4.70. The van der Waals surface area contributed by atoms with Gasteiger partial charge in [-0.3, -0.25) is 0 Å². The highest BCUT2D eigenvalue weighted by molar-refractivity contribution is 5.63. The number of hydrogen-bond donors (Lipinski definition) is 0. The molecule has 2 nitrogen and oxygen atoms in total. The molecule has 2 rings (SSSR count). The first-order valence-electron chi connectivity index (χ1n) is 8.15. The fourth-order valence-corrected chi connectivity index (χ4v) is 3.08. The van der Waals surface area contributed by atoms with Gasteiger partial charge in [-0.25, -0.2) is 0 Å². The monoisotopic (exact) mass is 296 g/mol. The maximum atomic E-state index is 4.08. The minimum absolute atomic E-state index is 1.03. The molecule has 0 amide bonds. The van der Waals surface area contributed by atoms with Gasteiger partial charge in [0.2, 0.25) is 0 Å². The lowest BCUT2D eigenvalue weighted by atomic mass is 10.0. The van der Waals surface area contributed by atoms with Crippen LogP contribution >= 0.6 is 0 Å². The van der Waals surface area contributed by atoms with Crippen LogP contribution < -0.4 is 4.90 Å². The van der Waals surface area contributed by atoms with Crippen LogP contribution in [0.4, 0.5) is 5.69 Å². The van der Waals surface area contributed by atoms with Crippen molar-refractivity contribution in [1.29, 1.82) is 0 Å². The largest absolute Gasteiger partial charge is 0.341 e. The third-order valence-corrected chi connectivity index (χ3v) is 4.11. The molecular formula is C20H28N2. The fourth-order valence-electron chi connectivity index (χ4n) is 3.08. The highest BCUT2D eigenvalue weighted by atomic mass is 15.2. The van der Waals surface area contributed by atoms with E-state index in [0.29, 0.717) is 0 Å². The van der Waals surface area contributed by atoms with E-state index in [1.807, 2.05) is 6.08 Å². The van der Waals surface area contributed by atoms with Crippen LogP contribution in [0.1, 0.15) is 25.3 Å². The number of anilines is 1. The second kappa shape index (κ2) is 8.00. The Morgan fingerprint density at radius 2 is 2.00 bits per heavy atom. The van der Waals surface area contributed by atoms with Gasteiger partial charge in [0.25, 0.3) is 0 Å². The van der Waals surface area contributed by atoms with E-state index in [1.165, 1.54) is 22.5 Å². The summed E-state index contributed by atoms with van der Waals surface area (Å²) in [5.74, 6) is 0. The minimum Gasteiger partial charge on any atom is -0.341 e. The van der Waals surface area contributed by atoms with E-state index in [4.69, 9.17) is 0 Å². The van der Waals surface area contributed by atoms with Crippen molar-refractivity contribution in [1.82, 2.24) is 4.90 Å². The van der Waals surface area contributed by atoms with Gasteiger partial charge in [-0.2, -0.15) is 0 Å². The minimum atomic E-state index is 1.03. The highest BCUT2D eigenvalue weighted by Gasteiger charge is 2.19. The molecular weight excluding hydrogens is 268 g/mol. The van der Waals surface area contributed by atoms with Crippen molar-refractivity contribution in [2.75, 3.05) is 32.1 Å². The molecule has 1 aliphatic heterocycles. The Morgan fingerprint density at radius 3 is 2.68 bits per heavy atom. The zero-order valence-corrected chi connectivity index (χ0v) is 14.2.